The minimum atomic E-state index is -4.21. The van der Waals surface area contributed by atoms with Crippen molar-refractivity contribution in [2.75, 3.05) is 36.4 Å². The second kappa shape index (κ2) is 10.8. The summed E-state index contributed by atoms with van der Waals surface area (Å²) in [6.45, 7) is 0.493. The van der Waals surface area contributed by atoms with Crippen LogP contribution < -0.4 is 19.1 Å². The van der Waals surface area contributed by atoms with E-state index < -0.39 is 28.3 Å². The number of sulfonamides is 1. The molecule has 1 aliphatic heterocycles. The third-order valence-electron chi connectivity index (χ3n) is 4.88. The summed E-state index contributed by atoms with van der Waals surface area (Å²) in [5.41, 5.74) is 0.0391. The van der Waals surface area contributed by atoms with Gasteiger partial charge in [-0.1, -0.05) is 6.07 Å². The Morgan fingerprint density at radius 3 is 2.65 bits per heavy atom. The molecule has 1 amide bonds. The maximum Gasteiger partial charge on any atom is 0.264 e. The van der Waals surface area contributed by atoms with E-state index in [1.807, 2.05) is 6.07 Å². The molecule has 0 aliphatic carbocycles. The first-order valence-electron chi connectivity index (χ1n) is 10.5. The van der Waals surface area contributed by atoms with Crippen LogP contribution in [0.25, 0.3) is 0 Å². The summed E-state index contributed by atoms with van der Waals surface area (Å²) in [4.78, 5) is 12.5. The number of carbonyl (C=O) groups excluding carboxylic acids is 1. The Bertz CT molecular complexity index is 1230. The Morgan fingerprint density at radius 1 is 1.06 bits per heavy atom. The number of hydrogen-bond donors (Lipinski definition) is 1. The summed E-state index contributed by atoms with van der Waals surface area (Å²) in [5.74, 6) is 1.72. The lowest BCUT2D eigenvalue weighted by Gasteiger charge is -2.25. The molecule has 1 aliphatic rings. The average Bonchev–Trinajstić information content (AvgIpc) is 3.35. The quantitative estimate of drug-likeness (QED) is 0.421. The molecule has 0 bridgehead atoms. The van der Waals surface area contributed by atoms with Gasteiger partial charge in [0.25, 0.3) is 10.0 Å². The van der Waals surface area contributed by atoms with E-state index >= 15 is 0 Å². The first-order chi connectivity index (χ1) is 16.4. The number of rotatable bonds is 10. The zero-order valence-electron chi connectivity index (χ0n) is 18.1. The Kier molecular flexibility index (Phi) is 7.63. The van der Waals surface area contributed by atoms with Gasteiger partial charge in [-0.05, 0) is 42.5 Å². The van der Waals surface area contributed by atoms with Crippen LogP contribution in [-0.4, -0.2) is 46.4 Å². The molecule has 0 spiro atoms. The molecule has 1 N–H and O–H groups in total. The van der Waals surface area contributed by atoms with Crippen LogP contribution in [0.5, 0.6) is 11.5 Å². The largest absolute Gasteiger partial charge is 0.486 e. The van der Waals surface area contributed by atoms with Crippen LogP contribution in [0, 0.1) is 5.82 Å². The summed E-state index contributed by atoms with van der Waals surface area (Å²) in [6.07, 6.45) is 1.60. The number of ether oxygens (including phenoxy) is 2. The van der Waals surface area contributed by atoms with E-state index in [-0.39, 0.29) is 10.6 Å². The lowest BCUT2D eigenvalue weighted by atomic mass is 10.3. The van der Waals surface area contributed by atoms with Crippen molar-refractivity contribution in [3.63, 3.8) is 0 Å². The van der Waals surface area contributed by atoms with Crippen LogP contribution in [0.15, 0.2) is 70.2 Å². The topological polar surface area (TPSA) is 98.1 Å². The van der Waals surface area contributed by atoms with Crippen LogP contribution in [0.1, 0.15) is 5.76 Å². The summed E-state index contributed by atoms with van der Waals surface area (Å²) in [5, 5.41) is 2.72. The molecule has 0 saturated heterocycles. The van der Waals surface area contributed by atoms with Gasteiger partial charge in [0.05, 0.1) is 22.6 Å². The number of nitrogens with zero attached hydrogens (tertiary/aromatic N) is 1. The van der Waals surface area contributed by atoms with Crippen molar-refractivity contribution in [1.82, 2.24) is 5.32 Å². The Balaban J connectivity index is 1.47. The van der Waals surface area contributed by atoms with Crippen molar-refractivity contribution in [3.05, 3.63) is 72.4 Å². The number of halogens is 1. The first kappa shape index (κ1) is 24.0. The van der Waals surface area contributed by atoms with Crippen molar-refractivity contribution in [3.8, 4) is 11.5 Å². The maximum absolute atomic E-state index is 13.9. The number of hydrogen-bond acceptors (Lipinski definition) is 7. The van der Waals surface area contributed by atoms with Crippen LogP contribution in [0.2, 0.25) is 0 Å². The summed E-state index contributed by atoms with van der Waals surface area (Å²) in [6, 6.07) is 13.0. The summed E-state index contributed by atoms with van der Waals surface area (Å²) < 4.78 is 58.0. The normalized spacial score (nSPS) is 12.9. The molecule has 2 aromatic carbocycles. The minimum Gasteiger partial charge on any atom is -0.486 e. The molecule has 0 saturated carbocycles. The van der Waals surface area contributed by atoms with Crippen LogP contribution in [0.3, 0.4) is 0 Å². The SMILES string of the molecule is O=C(CN(c1cccc(F)c1)S(=O)(=O)c1ccc2c(c1)OCCO2)NCCSCc1ccco1. The highest BCUT2D eigenvalue weighted by molar-refractivity contribution is 7.98. The standard InChI is InChI=1S/C23H23FN2O6S2/c24-17-3-1-4-18(13-17)26(15-23(27)25-8-12-33-16-19-5-2-9-30-19)34(28,29)20-6-7-21-22(14-20)32-11-10-31-21/h1-7,9,13-14H,8,10-12,15-16H2,(H,25,27). The molecule has 11 heteroatoms. The zero-order valence-corrected chi connectivity index (χ0v) is 19.7. The minimum absolute atomic E-state index is 0.0391. The van der Waals surface area contributed by atoms with Gasteiger partial charge >= 0.3 is 0 Å². The second-order valence-electron chi connectivity index (χ2n) is 7.28. The van der Waals surface area contributed by atoms with E-state index in [0.29, 0.717) is 42.8 Å². The van der Waals surface area contributed by atoms with Gasteiger partial charge in [0.15, 0.2) is 11.5 Å². The average molecular weight is 507 g/mol. The van der Waals surface area contributed by atoms with E-state index in [9.17, 15) is 17.6 Å². The van der Waals surface area contributed by atoms with Crippen LogP contribution in [-0.2, 0) is 20.6 Å². The molecule has 34 heavy (non-hydrogen) atoms. The highest BCUT2D eigenvalue weighted by Crippen LogP contribution is 2.34. The van der Waals surface area contributed by atoms with Gasteiger partial charge in [-0.2, -0.15) is 11.8 Å². The molecule has 0 unspecified atom stereocenters. The highest BCUT2D eigenvalue weighted by atomic mass is 32.2. The molecule has 8 nitrogen and oxygen atoms in total. The Labute approximate surface area is 201 Å². The van der Waals surface area contributed by atoms with E-state index in [4.69, 9.17) is 13.9 Å². The Morgan fingerprint density at radius 2 is 1.88 bits per heavy atom. The van der Waals surface area contributed by atoms with Crippen LogP contribution in [0.4, 0.5) is 10.1 Å². The fraction of sp³-hybridized carbons (Fsp3) is 0.261. The third kappa shape index (κ3) is 5.84. The fourth-order valence-corrected chi connectivity index (χ4v) is 5.46. The molecule has 0 radical (unpaired) electrons. The van der Waals surface area contributed by atoms with Crippen molar-refractivity contribution < 1.29 is 31.5 Å². The molecule has 2 heterocycles. The molecular formula is C23H23FN2O6S2. The van der Waals surface area contributed by atoms with Gasteiger partial charge in [-0.25, -0.2) is 12.8 Å². The molecule has 0 fully saturated rings. The molecule has 180 valence electrons. The monoisotopic (exact) mass is 506 g/mol. The maximum atomic E-state index is 13.9. The molecular weight excluding hydrogens is 483 g/mol. The molecule has 4 rings (SSSR count). The van der Waals surface area contributed by atoms with Crippen LogP contribution >= 0.6 is 11.8 Å². The number of fused-ring (bicyclic) bond motifs is 1. The van der Waals surface area contributed by atoms with Gasteiger partial charge in [0.2, 0.25) is 5.91 Å². The van der Waals surface area contributed by atoms with Gasteiger partial charge in [-0.15, -0.1) is 0 Å². The molecule has 0 atom stereocenters. The van der Waals surface area contributed by atoms with E-state index in [0.717, 1.165) is 16.1 Å². The Hall–Kier alpha value is -3.18. The van der Waals surface area contributed by atoms with Gasteiger partial charge in [0, 0.05) is 18.4 Å². The fourth-order valence-electron chi connectivity index (χ4n) is 3.27. The lowest BCUT2D eigenvalue weighted by molar-refractivity contribution is -0.119. The first-order valence-corrected chi connectivity index (χ1v) is 13.1. The number of amides is 1. The van der Waals surface area contributed by atoms with E-state index in [1.54, 1.807) is 24.1 Å². The van der Waals surface area contributed by atoms with E-state index in [2.05, 4.69) is 5.32 Å². The van der Waals surface area contributed by atoms with Gasteiger partial charge in [0.1, 0.15) is 31.3 Å². The van der Waals surface area contributed by atoms with Crippen molar-refractivity contribution in [2.24, 2.45) is 0 Å². The number of anilines is 1. The van der Waals surface area contributed by atoms with Crippen molar-refractivity contribution in [2.45, 2.75) is 10.6 Å². The number of carbonyl (C=O) groups is 1. The van der Waals surface area contributed by atoms with Gasteiger partial charge < -0.3 is 19.2 Å². The predicted molar refractivity (Wildman–Crippen MR) is 126 cm³/mol. The predicted octanol–water partition coefficient (Wildman–Crippen LogP) is 3.43. The number of furan rings is 1. The van der Waals surface area contributed by atoms with Crippen molar-refractivity contribution >= 4 is 33.4 Å². The van der Waals surface area contributed by atoms with E-state index in [1.165, 1.54) is 36.4 Å². The number of thioether (sulfide) groups is 1. The lowest BCUT2D eigenvalue weighted by Crippen LogP contribution is -2.41. The summed E-state index contributed by atoms with van der Waals surface area (Å²) in [7, 11) is -4.21. The third-order valence-corrected chi connectivity index (χ3v) is 7.63. The smallest absolute Gasteiger partial charge is 0.264 e. The highest BCUT2D eigenvalue weighted by Gasteiger charge is 2.29. The van der Waals surface area contributed by atoms with Crippen molar-refractivity contribution in [1.29, 1.82) is 0 Å². The second-order valence-corrected chi connectivity index (χ2v) is 10.2. The molecule has 3 aromatic rings. The zero-order chi connectivity index (χ0) is 24.0. The summed E-state index contributed by atoms with van der Waals surface area (Å²) >= 11 is 1.57. The van der Waals surface area contributed by atoms with Gasteiger partial charge in [-0.3, -0.25) is 9.10 Å². The number of nitrogens with one attached hydrogen (secondary N) is 1. The molecule has 1 aromatic heterocycles. The number of benzene rings is 2.